The van der Waals surface area contributed by atoms with Crippen molar-refractivity contribution < 1.29 is 14.3 Å². The number of benzene rings is 1. The maximum atomic E-state index is 12.8. The van der Waals surface area contributed by atoms with E-state index in [1.54, 1.807) is 24.0 Å². The van der Waals surface area contributed by atoms with Gasteiger partial charge in [0.15, 0.2) is 0 Å². The smallest absolute Gasteiger partial charge is 0.228 e. The van der Waals surface area contributed by atoms with Gasteiger partial charge in [0.05, 0.1) is 13.7 Å². The maximum absolute atomic E-state index is 12.8. The summed E-state index contributed by atoms with van der Waals surface area (Å²) >= 11 is 0. The molecule has 0 bridgehead atoms. The van der Waals surface area contributed by atoms with E-state index in [4.69, 9.17) is 9.72 Å². The van der Waals surface area contributed by atoms with E-state index < -0.39 is 0 Å². The van der Waals surface area contributed by atoms with Crippen molar-refractivity contribution in [3.63, 3.8) is 0 Å². The summed E-state index contributed by atoms with van der Waals surface area (Å²) in [7, 11) is 3.45. The van der Waals surface area contributed by atoms with Gasteiger partial charge in [-0.25, -0.2) is 9.97 Å². The number of aromatic nitrogens is 2. The van der Waals surface area contributed by atoms with Crippen molar-refractivity contribution in [1.29, 1.82) is 0 Å². The molecule has 1 aromatic heterocycles. The van der Waals surface area contributed by atoms with Gasteiger partial charge in [-0.2, -0.15) is 0 Å². The van der Waals surface area contributed by atoms with Crippen LogP contribution in [0.4, 0.5) is 5.82 Å². The molecular weight excluding hydrogens is 416 g/mol. The fourth-order valence-electron chi connectivity index (χ4n) is 4.55. The minimum Gasteiger partial charge on any atom is -0.497 e. The number of methoxy groups -OCH3 is 1. The number of carbonyl (C=O) groups excluding carboxylic acids is 2. The van der Waals surface area contributed by atoms with Crippen LogP contribution in [-0.2, 0) is 29.0 Å². The standard InChI is InChI=1S/C26H32N4O3/c1-18-22-11-12-24(31)30(14-13-20-9-6-10-21(15-20)33-3)26(22)28-23(27-18)17-29(2)25(32)16-19-7-4-5-8-19/h4,6-7,9-10,15,19H,5,8,11-14,16-17H2,1-3H3. The van der Waals surface area contributed by atoms with E-state index in [0.29, 0.717) is 56.3 Å². The number of allylic oxidation sites excluding steroid dienone is 2. The molecule has 2 heterocycles. The molecule has 7 heteroatoms. The second-order valence-corrected chi connectivity index (χ2v) is 8.89. The molecular formula is C26H32N4O3. The van der Waals surface area contributed by atoms with Gasteiger partial charge in [0.25, 0.3) is 0 Å². The first kappa shape index (κ1) is 23.0. The number of fused-ring (bicyclic) bond motifs is 1. The van der Waals surface area contributed by atoms with E-state index in [1.165, 1.54) is 0 Å². The lowest BCUT2D eigenvalue weighted by Crippen LogP contribution is -2.38. The third-order valence-corrected chi connectivity index (χ3v) is 6.50. The molecule has 1 aliphatic carbocycles. The van der Waals surface area contributed by atoms with Gasteiger partial charge in [0, 0.05) is 37.7 Å². The summed E-state index contributed by atoms with van der Waals surface area (Å²) in [6.45, 7) is 2.84. The Kier molecular flexibility index (Phi) is 7.06. The Morgan fingerprint density at radius 2 is 2.12 bits per heavy atom. The predicted molar refractivity (Wildman–Crippen MR) is 127 cm³/mol. The second-order valence-electron chi connectivity index (χ2n) is 8.89. The van der Waals surface area contributed by atoms with Crippen LogP contribution < -0.4 is 9.64 Å². The highest BCUT2D eigenvalue weighted by Crippen LogP contribution is 2.29. The number of carbonyl (C=O) groups is 2. The van der Waals surface area contributed by atoms with E-state index in [1.807, 2.05) is 31.2 Å². The molecule has 2 aromatic rings. The zero-order valence-corrected chi connectivity index (χ0v) is 19.7. The number of ether oxygens (including phenoxy) is 1. The average molecular weight is 449 g/mol. The predicted octanol–water partition coefficient (Wildman–Crippen LogP) is 3.63. The first-order chi connectivity index (χ1) is 15.9. The normalized spacial score (nSPS) is 17.2. The molecule has 7 nitrogen and oxygen atoms in total. The zero-order chi connectivity index (χ0) is 23.4. The molecule has 33 heavy (non-hydrogen) atoms. The SMILES string of the molecule is COc1cccc(CCN2C(=O)CCc3c(C)nc(CN(C)C(=O)CC4C=CCC4)nc32)c1. The maximum Gasteiger partial charge on any atom is 0.228 e. The zero-order valence-electron chi connectivity index (χ0n) is 19.7. The van der Waals surface area contributed by atoms with Gasteiger partial charge in [-0.3, -0.25) is 14.5 Å². The van der Waals surface area contributed by atoms with E-state index in [-0.39, 0.29) is 11.8 Å². The lowest BCUT2D eigenvalue weighted by atomic mass is 10.0. The van der Waals surface area contributed by atoms with Crippen LogP contribution in [0.25, 0.3) is 0 Å². The van der Waals surface area contributed by atoms with Crippen molar-refractivity contribution in [2.75, 3.05) is 25.6 Å². The third-order valence-electron chi connectivity index (χ3n) is 6.50. The molecule has 0 radical (unpaired) electrons. The van der Waals surface area contributed by atoms with E-state index >= 15 is 0 Å². The van der Waals surface area contributed by atoms with E-state index in [9.17, 15) is 9.59 Å². The Morgan fingerprint density at radius 3 is 2.88 bits per heavy atom. The van der Waals surface area contributed by atoms with Crippen LogP contribution in [-0.4, -0.2) is 47.4 Å². The van der Waals surface area contributed by atoms with Crippen molar-refractivity contribution in [2.45, 2.75) is 52.0 Å². The first-order valence-electron chi connectivity index (χ1n) is 11.6. The molecule has 174 valence electrons. The van der Waals surface area contributed by atoms with Crippen LogP contribution in [0, 0.1) is 12.8 Å². The number of nitrogens with zero attached hydrogens (tertiary/aromatic N) is 4. The van der Waals surface area contributed by atoms with Gasteiger partial charge < -0.3 is 9.64 Å². The molecule has 0 saturated carbocycles. The van der Waals surface area contributed by atoms with Crippen molar-refractivity contribution in [1.82, 2.24) is 14.9 Å². The summed E-state index contributed by atoms with van der Waals surface area (Å²) in [6, 6.07) is 7.90. The average Bonchev–Trinajstić information content (AvgIpc) is 3.31. The summed E-state index contributed by atoms with van der Waals surface area (Å²) in [4.78, 5) is 38.4. The van der Waals surface area contributed by atoms with Gasteiger partial charge in [0.2, 0.25) is 11.8 Å². The van der Waals surface area contributed by atoms with Crippen LogP contribution in [0.3, 0.4) is 0 Å². The molecule has 4 rings (SSSR count). The summed E-state index contributed by atoms with van der Waals surface area (Å²) in [6.07, 6.45) is 8.70. The molecule has 1 atom stereocenters. The number of hydrogen-bond acceptors (Lipinski definition) is 5. The van der Waals surface area contributed by atoms with Gasteiger partial charge in [-0.1, -0.05) is 24.3 Å². The Balaban J connectivity index is 1.49. The number of rotatable bonds is 8. The van der Waals surface area contributed by atoms with E-state index in [0.717, 1.165) is 35.4 Å². The van der Waals surface area contributed by atoms with Gasteiger partial charge in [-0.15, -0.1) is 0 Å². The second kappa shape index (κ2) is 10.1. The van der Waals surface area contributed by atoms with Crippen LogP contribution >= 0.6 is 0 Å². The number of hydrogen-bond donors (Lipinski definition) is 0. The molecule has 1 aromatic carbocycles. The monoisotopic (exact) mass is 448 g/mol. The van der Waals surface area contributed by atoms with E-state index in [2.05, 4.69) is 17.1 Å². The third kappa shape index (κ3) is 5.41. The summed E-state index contributed by atoms with van der Waals surface area (Å²) in [5.74, 6) is 2.57. The van der Waals surface area contributed by atoms with Crippen molar-refractivity contribution in [2.24, 2.45) is 5.92 Å². The number of aryl methyl sites for hydroxylation is 1. The Bertz CT molecular complexity index is 1070. The van der Waals surface area contributed by atoms with Gasteiger partial charge >= 0.3 is 0 Å². The molecule has 1 unspecified atom stereocenters. The lowest BCUT2D eigenvalue weighted by molar-refractivity contribution is -0.131. The minimum atomic E-state index is 0.0758. The fraction of sp³-hybridized carbons (Fsp3) is 0.462. The Hall–Kier alpha value is -3.22. The largest absolute Gasteiger partial charge is 0.497 e. The molecule has 2 aliphatic rings. The summed E-state index contributed by atoms with van der Waals surface area (Å²) in [5.41, 5.74) is 3.01. The van der Waals surface area contributed by atoms with Crippen molar-refractivity contribution in [3.05, 3.63) is 59.1 Å². The number of anilines is 1. The molecule has 0 saturated heterocycles. The van der Waals surface area contributed by atoms with Crippen LogP contribution in [0.5, 0.6) is 5.75 Å². The molecule has 1 aliphatic heterocycles. The highest BCUT2D eigenvalue weighted by molar-refractivity contribution is 5.95. The van der Waals surface area contributed by atoms with Gasteiger partial charge in [0.1, 0.15) is 17.4 Å². The highest BCUT2D eigenvalue weighted by Gasteiger charge is 2.28. The molecule has 2 amide bonds. The fourth-order valence-corrected chi connectivity index (χ4v) is 4.55. The number of amides is 2. The minimum absolute atomic E-state index is 0.0758. The highest BCUT2D eigenvalue weighted by atomic mass is 16.5. The van der Waals surface area contributed by atoms with Crippen LogP contribution in [0.2, 0.25) is 0 Å². The van der Waals surface area contributed by atoms with Crippen molar-refractivity contribution >= 4 is 17.6 Å². The van der Waals surface area contributed by atoms with Gasteiger partial charge in [-0.05, 0) is 56.2 Å². The molecule has 0 N–H and O–H groups in total. The molecule has 0 fully saturated rings. The molecule has 0 spiro atoms. The summed E-state index contributed by atoms with van der Waals surface area (Å²) < 4.78 is 5.32. The van der Waals surface area contributed by atoms with Crippen LogP contribution in [0.1, 0.15) is 48.3 Å². The lowest BCUT2D eigenvalue weighted by Gasteiger charge is -2.30. The first-order valence-corrected chi connectivity index (χ1v) is 11.6. The Labute approximate surface area is 195 Å². The van der Waals surface area contributed by atoms with Crippen molar-refractivity contribution in [3.8, 4) is 5.75 Å². The topological polar surface area (TPSA) is 75.6 Å². The summed E-state index contributed by atoms with van der Waals surface area (Å²) in [5, 5.41) is 0. The van der Waals surface area contributed by atoms with Crippen LogP contribution in [0.15, 0.2) is 36.4 Å². The Morgan fingerprint density at radius 1 is 1.27 bits per heavy atom. The quantitative estimate of drug-likeness (QED) is 0.577.